The van der Waals surface area contributed by atoms with Crippen molar-refractivity contribution in [1.29, 1.82) is 0 Å². The van der Waals surface area contributed by atoms with E-state index >= 15 is 0 Å². The first-order chi connectivity index (χ1) is 22.8. The molecule has 48 heavy (non-hydrogen) atoms. The molecule has 5 heteroatoms. The van der Waals surface area contributed by atoms with Gasteiger partial charge in [-0.25, -0.2) is 0 Å². The summed E-state index contributed by atoms with van der Waals surface area (Å²) in [6.45, 7) is 24.1. The Kier molecular flexibility index (Phi) is 10.7. The highest BCUT2D eigenvalue weighted by Gasteiger charge is 2.40. The van der Waals surface area contributed by atoms with Crippen LogP contribution >= 0.6 is 0 Å². The highest BCUT2D eigenvalue weighted by molar-refractivity contribution is 5.74. The Morgan fingerprint density at radius 3 is 2.52 bits per heavy atom. The lowest BCUT2D eigenvalue weighted by Gasteiger charge is -2.35. The van der Waals surface area contributed by atoms with Crippen molar-refractivity contribution in [3.63, 3.8) is 0 Å². The number of benzene rings is 2. The third kappa shape index (κ3) is 6.88. The normalized spacial score (nSPS) is 20.5. The van der Waals surface area contributed by atoms with E-state index in [1.54, 1.807) is 6.92 Å². The van der Waals surface area contributed by atoms with Crippen LogP contribution in [0.2, 0.25) is 0 Å². The van der Waals surface area contributed by atoms with Gasteiger partial charge in [0.2, 0.25) is 0 Å². The lowest BCUT2D eigenvalue weighted by Crippen LogP contribution is -2.36. The smallest absolute Gasteiger partial charge is 0.325 e. The molecule has 0 spiro atoms. The van der Waals surface area contributed by atoms with Crippen molar-refractivity contribution in [3.8, 4) is 0 Å². The second-order valence-electron chi connectivity index (χ2n) is 15.4. The van der Waals surface area contributed by atoms with E-state index in [4.69, 9.17) is 0 Å². The molecule has 258 valence electrons. The Balaban J connectivity index is 1.53. The van der Waals surface area contributed by atoms with E-state index in [1.165, 1.54) is 50.6 Å². The van der Waals surface area contributed by atoms with Gasteiger partial charge in [-0.3, -0.25) is 4.79 Å². The zero-order chi connectivity index (χ0) is 34.8. The molecule has 1 aliphatic carbocycles. The summed E-state index contributed by atoms with van der Waals surface area (Å²) >= 11 is 0. The zero-order valence-electron chi connectivity index (χ0n) is 30.9. The molecule has 0 saturated heterocycles. The molecule has 5 rings (SSSR count). The van der Waals surface area contributed by atoms with E-state index in [2.05, 4.69) is 118 Å². The van der Waals surface area contributed by atoms with E-state index in [-0.39, 0.29) is 10.8 Å². The van der Waals surface area contributed by atoms with Gasteiger partial charge in [-0.1, -0.05) is 108 Å². The van der Waals surface area contributed by atoms with Crippen molar-refractivity contribution < 1.29 is 9.90 Å². The van der Waals surface area contributed by atoms with Crippen LogP contribution in [0.5, 0.6) is 0 Å². The number of aliphatic carboxylic acids is 1. The monoisotopic (exact) mass is 649 g/mol. The summed E-state index contributed by atoms with van der Waals surface area (Å²) in [5.74, 6) is -0.824. The first-order valence-electron chi connectivity index (χ1n) is 18.4. The third-order valence-corrected chi connectivity index (χ3v) is 11.0. The van der Waals surface area contributed by atoms with Gasteiger partial charge in [0.15, 0.2) is 0 Å². The molecule has 0 aromatic heterocycles. The minimum Gasteiger partial charge on any atom is -0.480 e. The fraction of sp³-hybridized carbons (Fsp3) is 0.512. The van der Waals surface area contributed by atoms with Gasteiger partial charge in [-0.2, -0.15) is 0 Å². The number of aryl methyl sites for hydroxylation is 1. The Morgan fingerprint density at radius 1 is 1.06 bits per heavy atom. The maximum Gasteiger partial charge on any atom is 0.325 e. The summed E-state index contributed by atoms with van der Waals surface area (Å²) < 4.78 is 2.57. The molecule has 2 aromatic rings. The number of carboxylic acid groups (broad SMARTS) is 1. The quantitative estimate of drug-likeness (QED) is 0.170. The van der Waals surface area contributed by atoms with Crippen LogP contribution in [0.15, 0.2) is 71.1 Å². The standard InChI is InChI=1S/C43H59N3O2/c1-10-12-25-45-36-21-17-29(3)27-34(36)42(6,7)38(45)23-19-32-15-14-16-33(40(32)44-31(5)41(47)48)20-24-39-43(8,9)35-28-30(4)18-22-37(35)46(39)26-13-11-2/h17-18,20-22,24,27-28,31,44H,3,10-16,19,23,25-26H2,1-2,4-9H3,(H,47,48)/b33-20+,39-24-. The topological polar surface area (TPSA) is 55.6 Å². The van der Waals surface area contributed by atoms with Crippen LogP contribution in [-0.2, 0) is 15.6 Å². The summed E-state index contributed by atoms with van der Waals surface area (Å²) in [5.41, 5.74) is 10.1. The van der Waals surface area contributed by atoms with Crippen molar-refractivity contribution in [1.82, 2.24) is 9.89 Å². The Hall–Kier alpha value is -3.73. The number of rotatable bonds is 13. The average Bonchev–Trinajstić information content (AvgIpc) is 3.38. The van der Waals surface area contributed by atoms with Gasteiger partial charge < -0.3 is 19.9 Å². The first-order valence-corrected chi connectivity index (χ1v) is 18.4. The van der Waals surface area contributed by atoms with Gasteiger partial charge in [0, 0.05) is 41.5 Å². The van der Waals surface area contributed by atoms with Crippen LogP contribution < -0.4 is 25.4 Å². The van der Waals surface area contributed by atoms with Crippen LogP contribution in [0, 0.1) is 13.0 Å². The molecule has 2 heterocycles. The Labute approximate surface area is 289 Å². The van der Waals surface area contributed by atoms with Crippen molar-refractivity contribution >= 4 is 18.2 Å². The number of unbranched alkanes of at least 4 members (excludes halogenated alkanes) is 2. The van der Waals surface area contributed by atoms with Crippen LogP contribution in [0.4, 0.5) is 5.69 Å². The molecule has 0 bridgehead atoms. The molecule has 2 N–H and O–H groups in total. The second kappa shape index (κ2) is 14.4. The van der Waals surface area contributed by atoms with E-state index < -0.39 is 12.0 Å². The van der Waals surface area contributed by atoms with Crippen LogP contribution in [0.1, 0.15) is 123 Å². The van der Waals surface area contributed by atoms with E-state index in [0.29, 0.717) is 0 Å². The van der Waals surface area contributed by atoms with E-state index in [0.717, 1.165) is 81.8 Å². The molecule has 1 unspecified atom stereocenters. The van der Waals surface area contributed by atoms with Gasteiger partial charge in [0.05, 0.1) is 5.36 Å². The van der Waals surface area contributed by atoms with Gasteiger partial charge in [-0.05, 0) is 91.9 Å². The van der Waals surface area contributed by atoms with Gasteiger partial charge >= 0.3 is 5.97 Å². The zero-order valence-corrected chi connectivity index (χ0v) is 30.9. The van der Waals surface area contributed by atoms with Crippen molar-refractivity contribution in [2.45, 2.75) is 130 Å². The number of hydrogen-bond acceptors (Lipinski definition) is 3. The minimum absolute atomic E-state index is 0.0829. The van der Waals surface area contributed by atoms with Crippen LogP contribution in [0.3, 0.4) is 0 Å². The highest BCUT2D eigenvalue weighted by atomic mass is 16.4. The summed E-state index contributed by atoms with van der Waals surface area (Å²) in [7, 11) is 0. The number of hydrogen-bond donors (Lipinski definition) is 2. The molecule has 2 aromatic carbocycles. The third-order valence-electron chi connectivity index (χ3n) is 11.0. The fourth-order valence-corrected chi connectivity index (χ4v) is 8.13. The predicted octanol–water partition coefficient (Wildman–Crippen LogP) is 8.21. The maximum atomic E-state index is 12.1. The van der Waals surface area contributed by atoms with Crippen molar-refractivity contribution in [2.75, 3.05) is 18.0 Å². The molecular formula is C43H59N3O2. The highest BCUT2D eigenvalue weighted by Crippen LogP contribution is 2.48. The second-order valence-corrected chi connectivity index (χ2v) is 15.4. The summed E-state index contributed by atoms with van der Waals surface area (Å²) in [4.78, 5) is 14.7. The molecule has 5 nitrogen and oxygen atoms in total. The number of carbonyl (C=O) groups is 1. The number of fused-ring (bicyclic) bond motifs is 2. The first kappa shape index (κ1) is 35.6. The molecule has 0 fully saturated rings. The van der Waals surface area contributed by atoms with Gasteiger partial charge in [0.1, 0.15) is 12.6 Å². The Bertz CT molecular complexity index is 1740. The summed E-state index contributed by atoms with van der Waals surface area (Å²) in [5, 5.41) is 15.8. The molecule has 0 saturated carbocycles. The van der Waals surface area contributed by atoms with Gasteiger partial charge in [-0.15, -0.1) is 0 Å². The molecule has 2 aliphatic heterocycles. The fourth-order valence-electron chi connectivity index (χ4n) is 8.13. The Morgan fingerprint density at radius 2 is 1.81 bits per heavy atom. The largest absolute Gasteiger partial charge is 0.480 e. The number of anilines is 1. The van der Waals surface area contributed by atoms with Crippen LogP contribution in [-0.4, -0.2) is 30.2 Å². The SMILES string of the molecule is C=c1ccc2c(c1)C(C)(C)[C-](CCC1=C(NC(C)C(=O)O)/C(=C/C=C3\N(CCCC)c4ccc(C)cc4C3(C)C)CCC1)[N+]=2CCCC. The lowest BCUT2D eigenvalue weighted by atomic mass is 9.76. The lowest BCUT2D eigenvalue weighted by molar-refractivity contribution is -0.138. The maximum absolute atomic E-state index is 12.1. The number of nitrogens with zero attached hydrogens (tertiary/aromatic N) is 2. The number of carboxylic acids is 1. The predicted molar refractivity (Wildman–Crippen MR) is 201 cm³/mol. The summed E-state index contributed by atoms with van der Waals surface area (Å²) in [6, 6.07) is 14.3. The van der Waals surface area contributed by atoms with E-state index in [9.17, 15) is 9.90 Å². The molecule has 0 radical (unpaired) electrons. The number of nitrogens with one attached hydrogen (secondary N) is 1. The van der Waals surface area contributed by atoms with Crippen molar-refractivity contribution in [2.24, 2.45) is 0 Å². The van der Waals surface area contributed by atoms with Crippen LogP contribution in [0.25, 0.3) is 6.58 Å². The average molecular weight is 650 g/mol. The summed E-state index contributed by atoms with van der Waals surface area (Å²) in [6.07, 6.45) is 14.1. The minimum atomic E-state index is -0.824. The number of allylic oxidation sites excluding steroid dienone is 5. The van der Waals surface area contributed by atoms with Crippen molar-refractivity contribution in [3.05, 3.63) is 104 Å². The molecule has 0 amide bonds. The van der Waals surface area contributed by atoms with Gasteiger partial charge in [0.25, 0.3) is 0 Å². The van der Waals surface area contributed by atoms with E-state index in [1.807, 2.05) is 0 Å². The molecular weight excluding hydrogens is 590 g/mol. The molecule has 3 aliphatic rings. The molecule has 1 atom stereocenters.